The number of aliphatic carboxylic acids is 1. The van der Waals surface area contributed by atoms with Crippen LogP contribution in [0, 0.1) is 5.41 Å². The van der Waals surface area contributed by atoms with Crippen LogP contribution in [0.4, 0.5) is 5.69 Å². The molecule has 140 valence electrons. The molecule has 1 aromatic rings. The van der Waals surface area contributed by atoms with Gasteiger partial charge in [-0.15, -0.1) is 11.8 Å². The second-order valence-electron chi connectivity index (χ2n) is 6.81. The summed E-state index contributed by atoms with van der Waals surface area (Å²) < 4.78 is 5.11. The van der Waals surface area contributed by atoms with Crippen LogP contribution in [-0.2, 0) is 14.3 Å². The highest BCUT2D eigenvalue weighted by molar-refractivity contribution is 8.00. The standard InChI is InChI=1S/C18H22N2O5S/c1-11-15(21)19-13-8-12(4-5-14(13)26-11)16(22)20-7-3-6-18(9-20,10-25-2)17(23)24/h4-5,8,11H,3,6-7,9-10H2,1-2H3,(H,19,21)(H,23,24). The number of ether oxygens (including phenoxy) is 1. The SMILES string of the molecule is COCC1(C(=O)O)CCCN(C(=O)c2ccc3c(c2)NC(=O)C(C)S3)C1. The molecule has 2 amide bonds. The highest BCUT2D eigenvalue weighted by Gasteiger charge is 2.44. The van der Waals surface area contributed by atoms with Crippen molar-refractivity contribution in [3.63, 3.8) is 0 Å². The Labute approximate surface area is 156 Å². The summed E-state index contributed by atoms with van der Waals surface area (Å²) in [7, 11) is 1.47. The van der Waals surface area contributed by atoms with E-state index < -0.39 is 11.4 Å². The number of piperidine rings is 1. The first-order valence-electron chi connectivity index (χ1n) is 8.49. The minimum atomic E-state index is -1.07. The lowest BCUT2D eigenvalue weighted by molar-refractivity contribution is -0.155. The summed E-state index contributed by atoms with van der Waals surface area (Å²) in [6.45, 7) is 2.52. The Morgan fingerprint density at radius 3 is 2.92 bits per heavy atom. The third-order valence-electron chi connectivity index (χ3n) is 4.90. The number of rotatable bonds is 4. The molecule has 1 saturated heterocycles. The Kier molecular flexibility index (Phi) is 5.24. The van der Waals surface area contributed by atoms with Gasteiger partial charge in [-0.25, -0.2) is 0 Å². The van der Waals surface area contributed by atoms with Crippen LogP contribution in [0.25, 0.3) is 0 Å². The van der Waals surface area contributed by atoms with Gasteiger partial charge in [0.25, 0.3) is 5.91 Å². The van der Waals surface area contributed by atoms with Crippen molar-refractivity contribution in [2.24, 2.45) is 5.41 Å². The van der Waals surface area contributed by atoms with E-state index in [4.69, 9.17) is 4.74 Å². The predicted octanol–water partition coefficient (Wildman–Crippen LogP) is 2.07. The Hall–Kier alpha value is -2.06. The zero-order chi connectivity index (χ0) is 18.9. The molecule has 1 aromatic carbocycles. The number of carboxylic acids is 1. The molecule has 0 spiro atoms. The van der Waals surface area contributed by atoms with E-state index in [1.165, 1.54) is 18.9 Å². The van der Waals surface area contributed by atoms with Crippen LogP contribution in [-0.4, -0.2) is 59.8 Å². The van der Waals surface area contributed by atoms with Gasteiger partial charge >= 0.3 is 5.97 Å². The van der Waals surface area contributed by atoms with E-state index >= 15 is 0 Å². The van der Waals surface area contributed by atoms with Gasteiger partial charge in [0.15, 0.2) is 0 Å². The first kappa shape index (κ1) is 18.7. The number of amides is 2. The van der Waals surface area contributed by atoms with E-state index in [9.17, 15) is 19.5 Å². The molecule has 0 bridgehead atoms. The second-order valence-corrected chi connectivity index (χ2v) is 8.19. The maximum atomic E-state index is 12.9. The number of fused-ring (bicyclic) bond motifs is 1. The lowest BCUT2D eigenvalue weighted by Gasteiger charge is -2.39. The molecule has 2 atom stereocenters. The number of hydrogen-bond acceptors (Lipinski definition) is 5. The van der Waals surface area contributed by atoms with Crippen molar-refractivity contribution in [1.29, 1.82) is 0 Å². The second kappa shape index (κ2) is 7.28. The van der Waals surface area contributed by atoms with Gasteiger partial charge in [0.2, 0.25) is 5.91 Å². The highest BCUT2D eigenvalue weighted by Crippen LogP contribution is 2.37. The van der Waals surface area contributed by atoms with E-state index in [0.29, 0.717) is 30.6 Å². The molecule has 2 heterocycles. The average molecular weight is 378 g/mol. The summed E-state index contributed by atoms with van der Waals surface area (Å²) in [4.78, 5) is 39.0. The maximum absolute atomic E-state index is 12.9. The fraction of sp³-hybridized carbons (Fsp3) is 0.500. The summed E-state index contributed by atoms with van der Waals surface area (Å²) >= 11 is 1.46. The van der Waals surface area contributed by atoms with Crippen LogP contribution in [0.5, 0.6) is 0 Å². The van der Waals surface area contributed by atoms with Crippen molar-refractivity contribution in [3.05, 3.63) is 23.8 Å². The number of thioether (sulfide) groups is 1. The summed E-state index contributed by atoms with van der Waals surface area (Å²) in [5, 5.41) is 12.3. The lowest BCUT2D eigenvalue weighted by Crippen LogP contribution is -2.52. The van der Waals surface area contributed by atoms with Crippen LogP contribution in [0.3, 0.4) is 0 Å². The normalized spacial score (nSPS) is 25.4. The zero-order valence-electron chi connectivity index (χ0n) is 14.8. The molecule has 1 fully saturated rings. The number of hydrogen-bond donors (Lipinski definition) is 2. The maximum Gasteiger partial charge on any atom is 0.313 e. The van der Waals surface area contributed by atoms with Crippen molar-refractivity contribution in [1.82, 2.24) is 4.90 Å². The first-order valence-corrected chi connectivity index (χ1v) is 9.37. The fourth-order valence-corrected chi connectivity index (χ4v) is 4.39. The summed E-state index contributed by atoms with van der Waals surface area (Å²) in [5.74, 6) is -1.26. The van der Waals surface area contributed by atoms with E-state index in [1.807, 2.05) is 13.0 Å². The lowest BCUT2D eigenvalue weighted by atomic mass is 9.80. The Morgan fingerprint density at radius 2 is 2.23 bits per heavy atom. The van der Waals surface area contributed by atoms with Crippen LogP contribution in [0.2, 0.25) is 0 Å². The third kappa shape index (κ3) is 3.43. The molecule has 2 aliphatic rings. The van der Waals surface area contributed by atoms with Crippen molar-refractivity contribution >= 4 is 35.2 Å². The van der Waals surface area contributed by atoms with Crippen molar-refractivity contribution in [2.45, 2.75) is 29.9 Å². The van der Waals surface area contributed by atoms with Gasteiger partial charge in [-0.2, -0.15) is 0 Å². The van der Waals surface area contributed by atoms with Gasteiger partial charge in [0, 0.05) is 30.7 Å². The molecular weight excluding hydrogens is 356 g/mol. The van der Waals surface area contributed by atoms with E-state index in [-0.39, 0.29) is 30.2 Å². The van der Waals surface area contributed by atoms with Crippen molar-refractivity contribution in [2.75, 3.05) is 32.1 Å². The largest absolute Gasteiger partial charge is 0.481 e. The summed E-state index contributed by atoms with van der Waals surface area (Å²) in [6.07, 6.45) is 1.09. The number of carboxylic acid groups (broad SMARTS) is 1. The van der Waals surface area contributed by atoms with Crippen LogP contribution in [0.15, 0.2) is 23.1 Å². The Morgan fingerprint density at radius 1 is 1.46 bits per heavy atom. The molecule has 3 rings (SSSR count). The van der Waals surface area contributed by atoms with Crippen LogP contribution in [0.1, 0.15) is 30.1 Å². The Bertz CT molecular complexity index is 749. The van der Waals surface area contributed by atoms with Gasteiger partial charge in [-0.3, -0.25) is 14.4 Å². The number of methoxy groups -OCH3 is 1. The van der Waals surface area contributed by atoms with Gasteiger partial charge in [-0.05, 0) is 38.0 Å². The number of anilines is 1. The topological polar surface area (TPSA) is 95.9 Å². The minimum Gasteiger partial charge on any atom is -0.481 e. The number of carbonyl (C=O) groups is 3. The van der Waals surface area contributed by atoms with E-state index in [0.717, 1.165) is 4.90 Å². The van der Waals surface area contributed by atoms with Crippen LogP contribution >= 0.6 is 11.8 Å². The molecule has 8 heteroatoms. The molecule has 0 aromatic heterocycles. The molecule has 2 N–H and O–H groups in total. The molecule has 2 unspecified atom stereocenters. The predicted molar refractivity (Wildman–Crippen MR) is 97.5 cm³/mol. The smallest absolute Gasteiger partial charge is 0.313 e. The quantitative estimate of drug-likeness (QED) is 0.833. The van der Waals surface area contributed by atoms with E-state index in [1.54, 1.807) is 17.0 Å². The number of likely N-dealkylation sites (tertiary alicyclic amines) is 1. The molecule has 0 radical (unpaired) electrons. The first-order chi connectivity index (χ1) is 12.4. The Balaban J connectivity index is 1.82. The summed E-state index contributed by atoms with van der Waals surface area (Å²) in [5.41, 5.74) is -0.00346. The molecule has 7 nitrogen and oxygen atoms in total. The number of benzene rings is 1. The molecule has 2 aliphatic heterocycles. The fourth-order valence-electron chi connectivity index (χ4n) is 3.46. The number of nitrogens with zero attached hydrogens (tertiary/aromatic N) is 1. The number of carbonyl (C=O) groups excluding carboxylic acids is 2. The van der Waals surface area contributed by atoms with Crippen molar-refractivity contribution in [3.8, 4) is 0 Å². The van der Waals surface area contributed by atoms with Crippen LogP contribution < -0.4 is 5.32 Å². The monoisotopic (exact) mass is 378 g/mol. The third-order valence-corrected chi connectivity index (χ3v) is 6.07. The summed E-state index contributed by atoms with van der Waals surface area (Å²) in [6, 6.07) is 5.22. The molecule has 26 heavy (non-hydrogen) atoms. The van der Waals surface area contributed by atoms with Gasteiger partial charge in [0.1, 0.15) is 5.41 Å². The minimum absolute atomic E-state index is 0.0703. The highest BCUT2D eigenvalue weighted by atomic mass is 32.2. The van der Waals surface area contributed by atoms with Gasteiger partial charge < -0.3 is 20.1 Å². The van der Waals surface area contributed by atoms with Crippen molar-refractivity contribution < 1.29 is 24.2 Å². The van der Waals surface area contributed by atoms with Gasteiger partial charge in [0.05, 0.1) is 17.5 Å². The average Bonchev–Trinajstić information content (AvgIpc) is 2.62. The van der Waals surface area contributed by atoms with E-state index in [2.05, 4.69) is 5.32 Å². The van der Waals surface area contributed by atoms with Gasteiger partial charge in [-0.1, -0.05) is 0 Å². The number of nitrogens with one attached hydrogen (secondary N) is 1. The zero-order valence-corrected chi connectivity index (χ0v) is 15.6. The molecule has 0 aliphatic carbocycles. The molecular formula is C18H22N2O5S. The molecule has 0 saturated carbocycles.